The van der Waals surface area contributed by atoms with Crippen LogP contribution in [0.25, 0.3) is 0 Å². The van der Waals surface area contributed by atoms with Crippen molar-refractivity contribution in [3.05, 3.63) is 21.9 Å². The number of piperidine rings is 1. The zero-order chi connectivity index (χ0) is 14.1. The Morgan fingerprint density at radius 1 is 1.20 bits per heavy atom. The summed E-state index contributed by atoms with van der Waals surface area (Å²) in [7, 11) is 0. The van der Waals surface area contributed by atoms with E-state index in [0.29, 0.717) is 6.54 Å². The molecule has 0 spiro atoms. The molecule has 1 N–H and O–H groups in total. The molecule has 2 amide bonds. The molecule has 1 aromatic rings. The maximum atomic E-state index is 12.6. The molecule has 1 atom stereocenters. The van der Waals surface area contributed by atoms with E-state index in [1.165, 1.54) is 4.90 Å². The van der Waals surface area contributed by atoms with Gasteiger partial charge in [-0.2, -0.15) is 0 Å². The van der Waals surface area contributed by atoms with Crippen LogP contribution >= 0.6 is 11.3 Å². The van der Waals surface area contributed by atoms with E-state index in [0.717, 1.165) is 49.2 Å². The van der Waals surface area contributed by atoms with E-state index in [1.54, 1.807) is 16.2 Å². The Balaban J connectivity index is 1.85. The number of fused-ring (bicyclic) bond motifs is 1. The van der Waals surface area contributed by atoms with Crippen LogP contribution in [0.2, 0.25) is 0 Å². The highest BCUT2D eigenvalue weighted by Gasteiger charge is 2.38. The van der Waals surface area contributed by atoms with Gasteiger partial charge in [-0.15, -0.1) is 11.3 Å². The van der Waals surface area contributed by atoms with Gasteiger partial charge in [-0.25, -0.2) is 9.59 Å². The third-order valence-electron chi connectivity index (χ3n) is 4.07. The van der Waals surface area contributed by atoms with Gasteiger partial charge in [0.2, 0.25) is 0 Å². The first-order chi connectivity index (χ1) is 9.68. The molecule has 2 aliphatic heterocycles. The van der Waals surface area contributed by atoms with Crippen molar-refractivity contribution in [2.45, 2.75) is 31.7 Å². The Morgan fingerprint density at radius 2 is 1.95 bits per heavy atom. The van der Waals surface area contributed by atoms with Crippen molar-refractivity contribution >= 4 is 23.3 Å². The fourth-order valence-electron chi connectivity index (χ4n) is 3.06. The summed E-state index contributed by atoms with van der Waals surface area (Å²) in [6, 6.07) is 0.905. The van der Waals surface area contributed by atoms with Gasteiger partial charge in [-0.1, -0.05) is 0 Å². The molecule has 0 saturated carbocycles. The number of carboxylic acids is 1. The number of carboxylic acid groups (broad SMARTS) is 1. The highest BCUT2D eigenvalue weighted by atomic mass is 32.1. The Morgan fingerprint density at radius 3 is 2.65 bits per heavy atom. The van der Waals surface area contributed by atoms with Crippen LogP contribution in [0.3, 0.4) is 0 Å². The average molecular weight is 294 g/mol. The van der Waals surface area contributed by atoms with E-state index in [-0.39, 0.29) is 6.03 Å². The number of amides is 2. The van der Waals surface area contributed by atoms with Crippen molar-refractivity contribution in [1.29, 1.82) is 0 Å². The van der Waals surface area contributed by atoms with Crippen LogP contribution in [0.4, 0.5) is 4.79 Å². The molecule has 20 heavy (non-hydrogen) atoms. The molecular weight excluding hydrogens is 276 g/mol. The number of likely N-dealkylation sites (tertiary alicyclic amines) is 1. The number of hydrogen-bond donors (Lipinski definition) is 1. The molecular formula is C14H18N2O3S. The summed E-state index contributed by atoms with van der Waals surface area (Å²) in [5.74, 6) is -0.935. The molecule has 3 heterocycles. The first-order valence-electron chi connectivity index (χ1n) is 7.03. The van der Waals surface area contributed by atoms with Crippen LogP contribution in [0.1, 0.15) is 35.7 Å². The van der Waals surface area contributed by atoms with Gasteiger partial charge < -0.3 is 14.9 Å². The van der Waals surface area contributed by atoms with Crippen molar-refractivity contribution < 1.29 is 14.7 Å². The molecule has 0 aromatic carbocycles. The fraction of sp³-hybridized carbons (Fsp3) is 0.571. The Labute approximate surface area is 121 Å². The summed E-state index contributed by atoms with van der Waals surface area (Å²) in [6.45, 7) is 2.00. The van der Waals surface area contributed by atoms with E-state index in [4.69, 9.17) is 0 Å². The number of nitrogens with zero attached hydrogens (tertiary/aromatic N) is 2. The highest BCUT2D eigenvalue weighted by molar-refractivity contribution is 7.10. The summed E-state index contributed by atoms with van der Waals surface area (Å²) in [5.41, 5.74) is 0.791. The summed E-state index contributed by atoms with van der Waals surface area (Å²) in [5, 5.41) is 11.4. The lowest BCUT2D eigenvalue weighted by atomic mass is 10.0. The second kappa shape index (κ2) is 5.44. The third-order valence-corrected chi connectivity index (χ3v) is 5.07. The molecule has 108 valence electrons. The van der Waals surface area contributed by atoms with E-state index >= 15 is 0 Å². The molecule has 2 aliphatic rings. The Bertz CT molecular complexity index is 522. The highest BCUT2D eigenvalue weighted by Crippen LogP contribution is 2.34. The number of thiophene rings is 1. The zero-order valence-corrected chi connectivity index (χ0v) is 12.1. The Hall–Kier alpha value is -1.56. The maximum absolute atomic E-state index is 12.6. The predicted molar refractivity (Wildman–Crippen MR) is 75.9 cm³/mol. The number of carbonyl (C=O) groups excluding carboxylic acids is 1. The molecule has 1 aromatic heterocycles. The van der Waals surface area contributed by atoms with Crippen LogP contribution in [0.15, 0.2) is 11.4 Å². The van der Waals surface area contributed by atoms with Crippen LogP contribution in [0, 0.1) is 0 Å². The van der Waals surface area contributed by atoms with Gasteiger partial charge in [-0.3, -0.25) is 0 Å². The lowest BCUT2D eigenvalue weighted by Crippen LogP contribution is -2.50. The van der Waals surface area contributed by atoms with E-state index in [1.807, 2.05) is 11.4 Å². The minimum atomic E-state index is -0.935. The molecule has 1 saturated heterocycles. The van der Waals surface area contributed by atoms with Crippen molar-refractivity contribution in [3.8, 4) is 0 Å². The number of rotatable bonds is 1. The van der Waals surface area contributed by atoms with Crippen LogP contribution < -0.4 is 0 Å². The lowest BCUT2D eigenvalue weighted by Gasteiger charge is -2.38. The first kappa shape index (κ1) is 13.4. The van der Waals surface area contributed by atoms with Crippen LogP contribution in [-0.2, 0) is 11.2 Å². The lowest BCUT2D eigenvalue weighted by molar-refractivity contribution is -0.143. The molecule has 1 unspecified atom stereocenters. The quantitative estimate of drug-likeness (QED) is 0.865. The van der Waals surface area contributed by atoms with Gasteiger partial charge in [0, 0.05) is 24.5 Å². The summed E-state index contributed by atoms with van der Waals surface area (Å²) >= 11 is 1.58. The SMILES string of the molecule is O=C(O)C1c2ccsc2CCN1C(=O)N1CCCCC1. The predicted octanol–water partition coefficient (Wildman–Crippen LogP) is 2.34. The molecule has 0 aliphatic carbocycles. The topological polar surface area (TPSA) is 60.9 Å². The minimum absolute atomic E-state index is 0.117. The molecule has 6 heteroatoms. The van der Waals surface area contributed by atoms with Gasteiger partial charge in [0.1, 0.15) is 0 Å². The normalized spacial score (nSPS) is 22.5. The summed E-state index contributed by atoms with van der Waals surface area (Å²) < 4.78 is 0. The second-order valence-corrected chi connectivity index (χ2v) is 6.31. The average Bonchev–Trinajstić information content (AvgIpc) is 2.94. The van der Waals surface area contributed by atoms with E-state index < -0.39 is 12.0 Å². The van der Waals surface area contributed by atoms with Gasteiger partial charge in [-0.05, 0) is 42.7 Å². The number of carbonyl (C=O) groups is 2. The minimum Gasteiger partial charge on any atom is -0.479 e. The van der Waals surface area contributed by atoms with Gasteiger partial charge in [0.05, 0.1) is 0 Å². The molecule has 1 fully saturated rings. The van der Waals surface area contributed by atoms with Crippen molar-refractivity contribution in [2.24, 2.45) is 0 Å². The largest absolute Gasteiger partial charge is 0.479 e. The van der Waals surface area contributed by atoms with Crippen LogP contribution in [-0.4, -0.2) is 46.5 Å². The molecule has 5 nitrogen and oxygen atoms in total. The summed E-state index contributed by atoms with van der Waals surface area (Å²) in [6.07, 6.45) is 3.94. The van der Waals surface area contributed by atoms with Gasteiger partial charge in [0.25, 0.3) is 0 Å². The Kier molecular flexibility index (Phi) is 3.65. The smallest absolute Gasteiger partial charge is 0.331 e. The molecule has 0 bridgehead atoms. The first-order valence-corrected chi connectivity index (χ1v) is 7.91. The number of aliphatic carboxylic acids is 1. The standard InChI is InChI=1S/C14H18N2O3S/c17-13(18)12-10-5-9-20-11(10)4-8-16(12)14(19)15-6-2-1-3-7-15/h5,9,12H,1-4,6-8H2,(H,17,18). The van der Waals surface area contributed by atoms with Crippen molar-refractivity contribution in [3.63, 3.8) is 0 Å². The maximum Gasteiger partial charge on any atom is 0.331 e. The van der Waals surface area contributed by atoms with E-state index in [9.17, 15) is 14.7 Å². The fourth-order valence-corrected chi connectivity index (χ4v) is 3.96. The van der Waals surface area contributed by atoms with Gasteiger partial charge in [0.15, 0.2) is 6.04 Å². The summed E-state index contributed by atoms with van der Waals surface area (Å²) in [4.78, 5) is 28.6. The van der Waals surface area contributed by atoms with Gasteiger partial charge >= 0.3 is 12.0 Å². The number of urea groups is 1. The molecule has 0 radical (unpaired) electrons. The monoisotopic (exact) mass is 294 g/mol. The third kappa shape index (κ3) is 2.28. The van der Waals surface area contributed by atoms with Crippen molar-refractivity contribution in [1.82, 2.24) is 9.80 Å². The van der Waals surface area contributed by atoms with Crippen LogP contribution in [0.5, 0.6) is 0 Å². The van der Waals surface area contributed by atoms with Crippen molar-refractivity contribution in [2.75, 3.05) is 19.6 Å². The number of hydrogen-bond acceptors (Lipinski definition) is 3. The second-order valence-electron chi connectivity index (χ2n) is 5.31. The molecule has 3 rings (SSSR count). The van der Waals surface area contributed by atoms with E-state index in [2.05, 4.69) is 0 Å². The zero-order valence-electron chi connectivity index (χ0n) is 11.2.